The van der Waals surface area contributed by atoms with E-state index in [1.807, 2.05) is 42.4 Å². The van der Waals surface area contributed by atoms with E-state index in [-0.39, 0.29) is 5.56 Å². The molecule has 31 heavy (non-hydrogen) atoms. The number of nitrogens with zero attached hydrogens (tertiary/aromatic N) is 6. The molecule has 2 atom stereocenters. The number of piperidine rings is 1. The van der Waals surface area contributed by atoms with Gasteiger partial charge in [-0.1, -0.05) is 6.07 Å². The molecule has 3 aromatic rings. The van der Waals surface area contributed by atoms with E-state index in [0.29, 0.717) is 24.9 Å². The third kappa shape index (κ3) is 4.12. The van der Waals surface area contributed by atoms with Gasteiger partial charge in [-0.2, -0.15) is 0 Å². The summed E-state index contributed by atoms with van der Waals surface area (Å²) < 4.78 is 2.02. The second-order valence-corrected chi connectivity index (χ2v) is 9.34. The van der Waals surface area contributed by atoms with Gasteiger partial charge in [0.15, 0.2) is 0 Å². The van der Waals surface area contributed by atoms with Gasteiger partial charge in [-0.25, -0.2) is 15.0 Å². The van der Waals surface area contributed by atoms with Crippen molar-refractivity contribution in [3.63, 3.8) is 0 Å². The molecular formula is C22H27N7OS. The molecular weight excluding hydrogens is 410 g/mol. The molecule has 0 spiro atoms. The fraction of sp³-hybridized carbons (Fsp3) is 0.455. The Bertz CT molecular complexity index is 1110. The summed E-state index contributed by atoms with van der Waals surface area (Å²) in [5.41, 5.74) is 2.13. The standard InChI is InChI=1S/C22H27N7OS/c1-27(14-19-23-7-8-24-19)12-16-3-4-18-17-9-15(11-29(18)21(16)30)10-28(13-17)22-25-6-5-20(26-22)31-2/h3-8,15,17H,9-14H2,1-2H3,(H,23,24)/t15-,17+/m0/s1. The van der Waals surface area contributed by atoms with Crippen LogP contribution in [0.3, 0.4) is 0 Å². The van der Waals surface area contributed by atoms with Crippen LogP contribution in [0.25, 0.3) is 0 Å². The first-order valence-corrected chi connectivity index (χ1v) is 11.8. The van der Waals surface area contributed by atoms with Gasteiger partial charge in [0.2, 0.25) is 5.95 Å². The van der Waals surface area contributed by atoms with Crippen molar-refractivity contribution in [2.24, 2.45) is 5.92 Å². The predicted molar refractivity (Wildman–Crippen MR) is 121 cm³/mol. The number of hydrogen-bond acceptors (Lipinski definition) is 7. The van der Waals surface area contributed by atoms with Crippen LogP contribution in [0.2, 0.25) is 0 Å². The van der Waals surface area contributed by atoms with Crippen molar-refractivity contribution in [1.29, 1.82) is 0 Å². The molecule has 5 rings (SSSR count). The van der Waals surface area contributed by atoms with Crippen LogP contribution in [0, 0.1) is 5.92 Å². The summed E-state index contributed by atoms with van der Waals surface area (Å²) in [6, 6.07) is 6.11. The van der Waals surface area contributed by atoms with Crippen LogP contribution in [-0.4, -0.2) is 55.8 Å². The number of nitrogens with one attached hydrogen (secondary N) is 1. The Morgan fingerprint density at radius 1 is 1.16 bits per heavy atom. The van der Waals surface area contributed by atoms with E-state index in [9.17, 15) is 4.79 Å². The van der Waals surface area contributed by atoms with Crippen LogP contribution in [-0.2, 0) is 19.6 Å². The van der Waals surface area contributed by atoms with E-state index >= 15 is 0 Å². The minimum atomic E-state index is 0.146. The molecule has 0 saturated carbocycles. The number of thioether (sulfide) groups is 1. The molecule has 2 aliphatic rings. The Hall–Kier alpha value is -2.65. The largest absolute Gasteiger partial charge is 0.348 e. The molecule has 1 fully saturated rings. The van der Waals surface area contributed by atoms with Crippen molar-refractivity contribution < 1.29 is 0 Å². The quantitative estimate of drug-likeness (QED) is 0.468. The second-order valence-electron chi connectivity index (χ2n) is 8.51. The van der Waals surface area contributed by atoms with Crippen molar-refractivity contribution in [1.82, 2.24) is 29.4 Å². The van der Waals surface area contributed by atoms with Gasteiger partial charge in [-0.15, -0.1) is 11.8 Å². The average molecular weight is 438 g/mol. The number of anilines is 1. The Morgan fingerprint density at radius 3 is 2.87 bits per heavy atom. The monoisotopic (exact) mass is 437 g/mol. The normalized spacial score (nSPS) is 20.2. The molecule has 0 amide bonds. The lowest BCUT2D eigenvalue weighted by Gasteiger charge is -2.43. The van der Waals surface area contributed by atoms with Crippen molar-refractivity contribution in [3.05, 3.63) is 64.2 Å². The number of rotatable bonds is 6. The van der Waals surface area contributed by atoms with Crippen LogP contribution in [0.1, 0.15) is 29.4 Å². The molecule has 8 nitrogen and oxygen atoms in total. The molecule has 1 saturated heterocycles. The van der Waals surface area contributed by atoms with E-state index in [0.717, 1.165) is 54.1 Å². The van der Waals surface area contributed by atoms with Crippen molar-refractivity contribution in [3.8, 4) is 0 Å². The summed E-state index contributed by atoms with van der Waals surface area (Å²) in [7, 11) is 2.02. The third-order valence-corrected chi connectivity index (χ3v) is 6.85. The van der Waals surface area contributed by atoms with Crippen molar-refractivity contribution >= 4 is 17.7 Å². The fourth-order valence-electron chi connectivity index (χ4n) is 4.86. The number of imidazole rings is 1. The molecule has 9 heteroatoms. The summed E-state index contributed by atoms with van der Waals surface area (Å²) >= 11 is 1.63. The van der Waals surface area contributed by atoms with E-state index in [2.05, 4.69) is 35.8 Å². The Kier molecular flexibility index (Phi) is 5.54. The molecule has 0 unspecified atom stereocenters. The maximum atomic E-state index is 13.3. The Labute approximate surface area is 185 Å². The maximum absolute atomic E-state index is 13.3. The van der Waals surface area contributed by atoms with Gasteiger partial charge in [0.25, 0.3) is 5.56 Å². The Balaban J connectivity index is 1.35. The molecule has 0 radical (unpaired) electrons. The molecule has 2 aliphatic heterocycles. The Morgan fingerprint density at radius 2 is 2.06 bits per heavy atom. The number of hydrogen-bond donors (Lipinski definition) is 1. The highest BCUT2D eigenvalue weighted by Crippen LogP contribution is 2.36. The van der Waals surface area contributed by atoms with Crippen molar-refractivity contribution in [2.75, 3.05) is 31.3 Å². The second kappa shape index (κ2) is 8.47. The predicted octanol–water partition coefficient (Wildman–Crippen LogP) is 2.34. The SMILES string of the molecule is CSc1ccnc(N2C[C@@H]3C[C@H](C2)c2ccc(CN(C)Cc4ncc[nH]4)c(=O)n2C3)n1. The molecule has 162 valence electrons. The highest BCUT2D eigenvalue weighted by atomic mass is 32.2. The topological polar surface area (TPSA) is 82.9 Å². The summed E-state index contributed by atoms with van der Waals surface area (Å²) in [5, 5.41) is 0.987. The first-order valence-electron chi connectivity index (χ1n) is 10.6. The number of pyridine rings is 1. The van der Waals surface area contributed by atoms with Gasteiger partial charge in [0.1, 0.15) is 10.9 Å². The smallest absolute Gasteiger partial charge is 0.255 e. The summed E-state index contributed by atoms with van der Waals surface area (Å²) in [6.07, 6.45) is 8.56. The molecule has 3 aromatic heterocycles. The van der Waals surface area contributed by atoms with E-state index in [4.69, 9.17) is 0 Å². The van der Waals surface area contributed by atoms with Gasteiger partial charge >= 0.3 is 0 Å². The minimum Gasteiger partial charge on any atom is -0.348 e. The molecule has 5 heterocycles. The lowest BCUT2D eigenvalue weighted by molar-refractivity contribution is 0.274. The van der Waals surface area contributed by atoms with Crippen LogP contribution >= 0.6 is 11.8 Å². The minimum absolute atomic E-state index is 0.146. The summed E-state index contributed by atoms with van der Waals surface area (Å²) in [5.74, 6) is 2.47. The number of H-pyrrole nitrogens is 1. The summed E-state index contributed by atoms with van der Waals surface area (Å²) in [4.78, 5) is 34.3. The number of aromatic nitrogens is 5. The molecule has 2 bridgehead atoms. The number of fused-ring (bicyclic) bond motifs is 4. The zero-order valence-electron chi connectivity index (χ0n) is 17.9. The van der Waals surface area contributed by atoms with Crippen molar-refractivity contribution in [2.45, 2.75) is 37.0 Å². The summed E-state index contributed by atoms with van der Waals surface area (Å²) in [6.45, 7) is 3.80. The van der Waals surface area contributed by atoms with Crippen LogP contribution in [0.15, 0.2) is 46.6 Å². The van der Waals surface area contributed by atoms with Crippen LogP contribution in [0.4, 0.5) is 5.95 Å². The maximum Gasteiger partial charge on any atom is 0.255 e. The lowest BCUT2D eigenvalue weighted by Crippen LogP contribution is -2.48. The van der Waals surface area contributed by atoms with Crippen LogP contribution in [0.5, 0.6) is 0 Å². The van der Waals surface area contributed by atoms with Gasteiger partial charge in [-0.3, -0.25) is 9.69 Å². The van der Waals surface area contributed by atoms with E-state index in [1.165, 1.54) is 0 Å². The molecule has 1 N–H and O–H groups in total. The highest BCUT2D eigenvalue weighted by Gasteiger charge is 2.36. The first kappa shape index (κ1) is 20.3. The lowest BCUT2D eigenvalue weighted by atomic mass is 9.83. The van der Waals surface area contributed by atoms with Gasteiger partial charge in [0.05, 0.1) is 6.54 Å². The number of aromatic amines is 1. The zero-order chi connectivity index (χ0) is 21.4. The van der Waals surface area contributed by atoms with Gasteiger partial charge in [-0.05, 0) is 37.8 Å². The highest BCUT2D eigenvalue weighted by molar-refractivity contribution is 7.98. The third-order valence-electron chi connectivity index (χ3n) is 6.21. The van der Waals surface area contributed by atoms with Gasteiger partial charge < -0.3 is 14.5 Å². The molecule has 0 aromatic carbocycles. The molecule has 0 aliphatic carbocycles. The van der Waals surface area contributed by atoms with E-state index < -0.39 is 0 Å². The fourth-order valence-corrected chi connectivity index (χ4v) is 5.23. The van der Waals surface area contributed by atoms with E-state index in [1.54, 1.807) is 18.0 Å². The first-order chi connectivity index (χ1) is 15.1. The zero-order valence-corrected chi connectivity index (χ0v) is 18.7. The van der Waals surface area contributed by atoms with Crippen LogP contribution < -0.4 is 10.5 Å². The van der Waals surface area contributed by atoms with Gasteiger partial charge in [0, 0.05) is 61.9 Å². The average Bonchev–Trinajstić information content (AvgIpc) is 3.29.